The molecular formula is C25H29N3O4S. The van der Waals surface area contributed by atoms with E-state index in [1.165, 1.54) is 17.3 Å². The van der Waals surface area contributed by atoms with E-state index in [9.17, 15) is 14.4 Å². The van der Waals surface area contributed by atoms with Gasteiger partial charge in [0.1, 0.15) is 11.1 Å². The molecule has 1 atom stereocenters. The minimum atomic E-state index is -0.577. The monoisotopic (exact) mass is 467 g/mol. The highest BCUT2D eigenvalue weighted by Gasteiger charge is 2.23. The fraction of sp³-hybridized carbons (Fsp3) is 0.320. The van der Waals surface area contributed by atoms with Gasteiger partial charge in [0.2, 0.25) is 5.43 Å². The molecule has 0 aliphatic carbocycles. The normalized spacial score (nSPS) is 11.7. The first-order valence-corrected chi connectivity index (χ1v) is 11.7. The van der Waals surface area contributed by atoms with Crippen molar-refractivity contribution >= 4 is 23.2 Å². The fourth-order valence-corrected chi connectivity index (χ4v) is 4.37. The molecule has 1 aromatic carbocycles. The van der Waals surface area contributed by atoms with Crippen LogP contribution in [-0.4, -0.2) is 42.0 Å². The average molecular weight is 468 g/mol. The molecule has 0 aliphatic heterocycles. The number of ether oxygens (including phenoxy) is 1. The van der Waals surface area contributed by atoms with Crippen LogP contribution in [0.2, 0.25) is 0 Å². The summed E-state index contributed by atoms with van der Waals surface area (Å²) in [7, 11) is 3.22. The van der Waals surface area contributed by atoms with Crippen molar-refractivity contribution in [2.45, 2.75) is 32.5 Å². The lowest BCUT2D eigenvalue weighted by atomic mass is 10.1. The van der Waals surface area contributed by atoms with E-state index in [1.54, 1.807) is 30.1 Å². The molecule has 0 saturated carbocycles. The van der Waals surface area contributed by atoms with Crippen LogP contribution in [0.4, 0.5) is 0 Å². The van der Waals surface area contributed by atoms with Gasteiger partial charge in [0.05, 0.1) is 12.6 Å². The van der Waals surface area contributed by atoms with E-state index in [1.807, 2.05) is 54.8 Å². The van der Waals surface area contributed by atoms with Gasteiger partial charge in [-0.15, -0.1) is 11.3 Å². The standard InChI is InChI=1S/C25H29N3O4S/c1-4-21(22-11-8-14-33-22)26-24(30)19-16-28(12-13-32-3)17-20(23(19)29)25(31)27(2)15-18-9-6-5-7-10-18/h5-11,14,16-17,21H,4,12-13,15H2,1-3H3,(H,26,30). The Morgan fingerprint density at radius 2 is 1.85 bits per heavy atom. The summed E-state index contributed by atoms with van der Waals surface area (Å²) in [6.45, 7) is 3.11. The number of rotatable bonds is 10. The molecule has 3 aromatic rings. The summed E-state index contributed by atoms with van der Waals surface area (Å²) >= 11 is 1.55. The van der Waals surface area contributed by atoms with Gasteiger partial charge in [0.15, 0.2) is 0 Å². The lowest BCUT2D eigenvalue weighted by Gasteiger charge is -2.19. The van der Waals surface area contributed by atoms with E-state index >= 15 is 0 Å². The van der Waals surface area contributed by atoms with Crippen molar-refractivity contribution < 1.29 is 14.3 Å². The molecule has 33 heavy (non-hydrogen) atoms. The zero-order chi connectivity index (χ0) is 23.8. The number of hydrogen-bond donors (Lipinski definition) is 1. The maximum absolute atomic E-state index is 13.2. The van der Waals surface area contributed by atoms with Gasteiger partial charge in [-0.25, -0.2) is 0 Å². The van der Waals surface area contributed by atoms with E-state index in [4.69, 9.17) is 4.74 Å². The number of pyridine rings is 1. The number of carbonyl (C=O) groups excluding carboxylic acids is 2. The second-order valence-corrected chi connectivity index (χ2v) is 8.72. The number of carbonyl (C=O) groups is 2. The summed E-state index contributed by atoms with van der Waals surface area (Å²) in [5.41, 5.74) is 0.275. The summed E-state index contributed by atoms with van der Waals surface area (Å²) in [5.74, 6) is -0.929. The Morgan fingerprint density at radius 1 is 1.12 bits per heavy atom. The van der Waals surface area contributed by atoms with Gasteiger partial charge in [0.25, 0.3) is 11.8 Å². The largest absolute Gasteiger partial charge is 0.383 e. The minimum Gasteiger partial charge on any atom is -0.383 e. The Morgan fingerprint density at radius 3 is 2.48 bits per heavy atom. The smallest absolute Gasteiger partial charge is 0.259 e. The maximum atomic E-state index is 13.2. The molecule has 2 heterocycles. The van der Waals surface area contributed by atoms with Gasteiger partial charge < -0.3 is 19.5 Å². The Bertz CT molecular complexity index is 1130. The van der Waals surface area contributed by atoms with E-state index in [2.05, 4.69) is 5.32 Å². The molecule has 0 aliphatic rings. The second-order valence-electron chi connectivity index (χ2n) is 7.74. The topological polar surface area (TPSA) is 80.6 Å². The van der Waals surface area contributed by atoms with Crippen molar-refractivity contribution in [3.8, 4) is 0 Å². The number of methoxy groups -OCH3 is 1. The van der Waals surface area contributed by atoms with E-state index in [-0.39, 0.29) is 17.2 Å². The van der Waals surface area contributed by atoms with Gasteiger partial charge in [-0.3, -0.25) is 14.4 Å². The first-order valence-electron chi connectivity index (χ1n) is 10.8. The molecule has 0 saturated heterocycles. The van der Waals surface area contributed by atoms with Crippen molar-refractivity contribution in [2.24, 2.45) is 0 Å². The molecule has 0 spiro atoms. The molecule has 1 N–H and O–H groups in total. The molecule has 7 nitrogen and oxygen atoms in total. The van der Waals surface area contributed by atoms with E-state index in [0.717, 1.165) is 10.4 Å². The second kappa shape index (κ2) is 11.6. The van der Waals surface area contributed by atoms with Crippen LogP contribution < -0.4 is 10.7 Å². The fourth-order valence-electron chi connectivity index (χ4n) is 3.51. The van der Waals surface area contributed by atoms with Crippen molar-refractivity contribution in [1.82, 2.24) is 14.8 Å². The molecule has 0 fully saturated rings. The highest BCUT2D eigenvalue weighted by molar-refractivity contribution is 7.10. The van der Waals surface area contributed by atoms with Crippen molar-refractivity contribution in [2.75, 3.05) is 20.8 Å². The van der Waals surface area contributed by atoms with Crippen LogP contribution in [0.15, 0.2) is 65.0 Å². The molecule has 8 heteroatoms. The summed E-state index contributed by atoms with van der Waals surface area (Å²) in [5, 5.41) is 4.89. The number of aromatic nitrogens is 1. The predicted octanol–water partition coefficient (Wildman–Crippen LogP) is 3.71. The Balaban J connectivity index is 1.91. The van der Waals surface area contributed by atoms with Gasteiger partial charge >= 0.3 is 0 Å². The number of hydrogen-bond acceptors (Lipinski definition) is 5. The molecular weight excluding hydrogens is 438 g/mol. The minimum absolute atomic E-state index is 0.0404. The van der Waals surface area contributed by atoms with Crippen LogP contribution in [-0.2, 0) is 17.8 Å². The third-order valence-corrected chi connectivity index (χ3v) is 6.30. The van der Waals surface area contributed by atoms with Gasteiger partial charge in [0, 0.05) is 44.5 Å². The Hall–Kier alpha value is -3.23. The average Bonchev–Trinajstić information content (AvgIpc) is 3.36. The first-order chi connectivity index (χ1) is 15.9. The van der Waals surface area contributed by atoms with E-state index < -0.39 is 17.2 Å². The number of amides is 2. The van der Waals surface area contributed by atoms with Gasteiger partial charge in [-0.2, -0.15) is 0 Å². The third-order valence-electron chi connectivity index (χ3n) is 5.32. The van der Waals surface area contributed by atoms with Crippen LogP contribution in [0.1, 0.15) is 50.5 Å². The number of nitrogens with zero attached hydrogens (tertiary/aromatic N) is 2. The third kappa shape index (κ3) is 6.18. The molecule has 0 radical (unpaired) electrons. The lowest BCUT2D eigenvalue weighted by molar-refractivity contribution is 0.0782. The Labute approximate surface area is 197 Å². The number of benzene rings is 1. The first kappa shape index (κ1) is 24.4. The Kier molecular flexibility index (Phi) is 8.57. The zero-order valence-electron chi connectivity index (χ0n) is 19.1. The molecule has 2 amide bonds. The van der Waals surface area contributed by atoms with Crippen LogP contribution in [0.3, 0.4) is 0 Å². The summed E-state index contributed by atoms with van der Waals surface area (Å²) < 4.78 is 6.80. The quantitative estimate of drug-likeness (QED) is 0.493. The maximum Gasteiger partial charge on any atom is 0.259 e. The van der Waals surface area contributed by atoms with Crippen LogP contribution in [0, 0.1) is 0 Å². The van der Waals surface area contributed by atoms with E-state index in [0.29, 0.717) is 26.1 Å². The van der Waals surface area contributed by atoms with Gasteiger partial charge in [-0.05, 0) is 23.4 Å². The van der Waals surface area contributed by atoms with Crippen molar-refractivity contribution in [3.05, 3.63) is 92.0 Å². The molecule has 174 valence electrons. The number of nitrogens with one attached hydrogen (secondary N) is 1. The van der Waals surface area contributed by atoms with Crippen LogP contribution in [0.25, 0.3) is 0 Å². The SMILES string of the molecule is CCC(NC(=O)c1cn(CCOC)cc(C(=O)N(C)Cc2ccccc2)c1=O)c1cccs1. The van der Waals surface area contributed by atoms with Crippen LogP contribution in [0.5, 0.6) is 0 Å². The molecule has 1 unspecified atom stereocenters. The highest BCUT2D eigenvalue weighted by atomic mass is 32.1. The molecule has 0 bridgehead atoms. The number of thiophene rings is 1. The van der Waals surface area contributed by atoms with Crippen LogP contribution >= 0.6 is 11.3 Å². The lowest BCUT2D eigenvalue weighted by Crippen LogP contribution is -2.37. The van der Waals surface area contributed by atoms with Crippen molar-refractivity contribution in [1.29, 1.82) is 0 Å². The molecule has 2 aromatic heterocycles. The summed E-state index contributed by atoms with van der Waals surface area (Å²) in [6.07, 6.45) is 3.67. The molecule has 3 rings (SSSR count). The highest BCUT2D eigenvalue weighted by Crippen LogP contribution is 2.22. The summed E-state index contributed by atoms with van der Waals surface area (Å²) in [4.78, 5) is 42.0. The van der Waals surface area contributed by atoms with Gasteiger partial charge in [-0.1, -0.05) is 43.3 Å². The summed E-state index contributed by atoms with van der Waals surface area (Å²) in [6, 6.07) is 13.2. The zero-order valence-corrected chi connectivity index (χ0v) is 19.9. The van der Waals surface area contributed by atoms with Crippen molar-refractivity contribution in [3.63, 3.8) is 0 Å². The predicted molar refractivity (Wildman–Crippen MR) is 130 cm³/mol.